The third-order valence-electron chi connectivity index (χ3n) is 2.78. The van der Waals surface area contributed by atoms with Gasteiger partial charge in [-0.25, -0.2) is 0 Å². The average molecular weight is 249 g/mol. The van der Waals surface area contributed by atoms with Gasteiger partial charge < -0.3 is 0 Å². The van der Waals surface area contributed by atoms with E-state index in [0.29, 0.717) is 5.39 Å². The third-order valence-corrected chi connectivity index (χ3v) is 3.74. The lowest BCUT2D eigenvalue weighted by atomic mass is 10.1. The first kappa shape index (κ1) is 12.1. The van der Waals surface area contributed by atoms with Gasteiger partial charge in [0, 0.05) is 15.5 Å². The Hall–Kier alpha value is -1.39. The molecule has 4 heteroatoms. The number of benzene rings is 1. The van der Waals surface area contributed by atoms with E-state index >= 15 is 0 Å². The molecule has 0 spiro atoms. The maximum Gasteiger partial charge on any atom is 0.213 e. The summed E-state index contributed by atoms with van der Waals surface area (Å²) in [5, 5.41) is 11.2. The quantitative estimate of drug-likeness (QED) is 0.816. The van der Waals surface area contributed by atoms with Crippen molar-refractivity contribution in [3.8, 4) is 0 Å². The third kappa shape index (κ3) is 2.48. The van der Waals surface area contributed by atoms with Gasteiger partial charge in [-0.2, -0.15) is 0 Å². The molecule has 1 aromatic carbocycles. The van der Waals surface area contributed by atoms with Crippen LogP contribution in [0.2, 0.25) is 0 Å². The van der Waals surface area contributed by atoms with Gasteiger partial charge in [0.2, 0.25) is 5.43 Å². The molecule has 0 fully saturated rings. The smallest absolute Gasteiger partial charge is 0.213 e. The first-order chi connectivity index (χ1) is 8.26. The number of aryl methyl sites for hydroxylation is 1. The van der Waals surface area contributed by atoms with Gasteiger partial charge >= 0.3 is 0 Å². The van der Waals surface area contributed by atoms with E-state index in [-0.39, 0.29) is 11.1 Å². The standard InChI is InChI=1S/C13H15NO2S/c1-2-3-4-9-5-6-12-10(7-9)13(15)11(14-16)8-17-12/h5-8,14,16H,2-4H2,1H3. The molecule has 0 amide bonds. The lowest BCUT2D eigenvalue weighted by Crippen LogP contribution is -2.07. The molecule has 3 nitrogen and oxygen atoms in total. The van der Waals surface area contributed by atoms with Gasteiger partial charge in [-0.15, -0.1) is 11.3 Å². The minimum absolute atomic E-state index is 0.139. The van der Waals surface area contributed by atoms with Crippen molar-refractivity contribution in [3.05, 3.63) is 39.4 Å². The van der Waals surface area contributed by atoms with E-state index in [9.17, 15) is 4.79 Å². The molecule has 0 aliphatic carbocycles. The molecule has 2 aromatic rings. The molecule has 0 bridgehead atoms. The summed E-state index contributed by atoms with van der Waals surface area (Å²) in [5.74, 6) is 0. The number of anilines is 1. The van der Waals surface area contributed by atoms with Crippen molar-refractivity contribution < 1.29 is 5.21 Å². The number of fused-ring (bicyclic) bond motifs is 1. The fraction of sp³-hybridized carbons (Fsp3) is 0.308. The number of nitrogens with one attached hydrogen (secondary N) is 1. The van der Waals surface area contributed by atoms with Crippen molar-refractivity contribution in [2.75, 3.05) is 5.48 Å². The number of hydrogen-bond donors (Lipinski definition) is 2. The van der Waals surface area contributed by atoms with Crippen LogP contribution in [0.4, 0.5) is 5.69 Å². The lowest BCUT2D eigenvalue weighted by molar-refractivity contribution is 0.388. The molecule has 0 aliphatic heterocycles. The highest BCUT2D eigenvalue weighted by Crippen LogP contribution is 2.20. The van der Waals surface area contributed by atoms with E-state index in [0.717, 1.165) is 24.0 Å². The molecule has 0 unspecified atom stereocenters. The molecular weight excluding hydrogens is 234 g/mol. The van der Waals surface area contributed by atoms with Crippen LogP contribution in [-0.4, -0.2) is 5.21 Å². The maximum atomic E-state index is 12.0. The summed E-state index contributed by atoms with van der Waals surface area (Å²) < 4.78 is 0.953. The predicted molar refractivity (Wildman–Crippen MR) is 72.1 cm³/mol. The van der Waals surface area contributed by atoms with Crippen LogP contribution in [0.1, 0.15) is 25.3 Å². The van der Waals surface area contributed by atoms with Crippen LogP contribution in [0.15, 0.2) is 28.4 Å². The summed E-state index contributed by atoms with van der Waals surface area (Å²) in [6.45, 7) is 2.15. The van der Waals surface area contributed by atoms with E-state index in [2.05, 4.69) is 13.0 Å². The Bertz CT molecular complexity index is 577. The summed E-state index contributed by atoms with van der Waals surface area (Å²) in [5.41, 5.74) is 3.23. The van der Waals surface area contributed by atoms with Crippen LogP contribution in [-0.2, 0) is 6.42 Å². The minimum atomic E-state index is -0.139. The molecule has 0 radical (unpaired) electrons. The number of hydrogen-bond acceptors (Lipinski definition) is 4. The highest BCUT2D eigenvalue weighted by molar-refractivity contribution is 7.16. The van der Waals surface area contributed by atoms with Crippen LogP contribution < -0.4 is 10.9 Å². The fourth-order valence-electron chi connectivity index (χ4n) is 1.79. The van der Waals surface area contributed by atoms with E-state index in [4.69, 9.17) is 5.21 Å². The molecule has 17 heavy (non-hydrogen) atoms. The molecule has 90 valence electrons. The van der Waals surface area contributed by atoms with Crippen LogP contribution >= 0.6 is 11.3 Å². The van der Waals surface area contributed by atoms with Crippen molar-refractivity contribution in [1.29, 1.82) is 0 Å². The van der Waals surface area contributed by atoms with E-state index in [1.807, 2.05) is 17.6 Å². The second kappa shape index (κ2) is 5.29. The van der Waals surface area contributed by atoms with Crippen molar-refractivity contribution in [2.45, 2.75) is 26.2 Å². The lowest BCUT2D eigenvalue weighted by Gasteiger charge is -2.03. The van der Waals surface area contributed by atoms with Gasteiger partial charge in [-0.05, 0) is 30.5 Å². The van der Waals surface area contributed by atoms with Crippen molar-refractivity contribution in [1.82, 2.24) is 0 Å². The van der Waals surface area contributed by atoms with Gasteiger partial charge in [0.15, 0.2) is 0 Å². The normalized spacial score (nSPS) is 10.7. The summed E-state index contributed by atoms with van der Waals surface area (Å²) in [4.78, 5) is 12.0. The van der Waals surface area contributed by atoms with Gasteiger partial charge in [0.1, 0.15) is 5.69 Å². The molecule has 1 heterocycles. The predicted octanol–water partition coefficient (Wildman–Crippen LogP) is 3.41. The topological polar surface area (TPSA) is 49.3 Å². The Morgan fingerprint density at radius 1 is 1.41 bits per heavy atom. The fourth-order valence-corrected chi connectivity index (χ4v) is 2.62. The van der Waals surface area contributed by atoms with E-state index in [1.165, 1.54) is 16.9 Å². The summed E-state index contributed by atoms with van der Waals surface area (Å²) in [7, 11) is 0. The van der Waals surface area contributed by atoms with Gasteiger partial charge in [-0.1, -0.05) is 19.4 Å². The van der Waals surface area contributed by atoms with Crippen molar-refractivity contribution >= 4 is 27.1 Å². The van der Waals surface area contributed by atoms with E-state index < -0.39 is 0 Å². The molecular formula is C13H15NO2S. The summed E-state index contributed by atoms with van der Waals surface area (Å²) in [6, 6.07) is 5.98. The van der Waals surface area contributed by atoms with Crippen LogP contribution in [0.3, 0.4) is 0 Å². The monoisotopic (exact) mass is 249 g/mol. The summed E-state index contributed by atoms with van der Waals surface area (Å²) in [6.07, 6.45) is 3.26. The minimum Gasteiger partial charge on any atom is -0.291 e. The maximum absolute atomic E-state index is 12.0. The second-order valence-corrected chi connectivity index (χ2v) is 4.94. The van der Waals surface area contributed by atoms with Gasteiger partial charge in [-0.3, -0.25) is 15.5 Å². The van der Waals surface area contributed by atoms with Crippen molar-refractivity contribution in [3.63, 3.8) is 0 Å². The van der Waals surface area contributed by atoms with Crippen LogP contribution in [0.25, 0.3) is 10.1 Å². The molecule has 2 N–H and O–H groups in total. The van der Waals surface area contributed by atoms with Gasteiger partial charge in [0.05, 0.1) is 0 Å². The molecule has 0 atom stereocenters. The van der Waals surface area contributed by atoms with Crippen LogP contribution in [0.5, 0.6) is 0 Å². The van der Waals surface area contributed by atoms with Crippen molar-refractivity contribution in [2.24, 2.45) is 0 Å². The molecule has 1 aromatic heterocycles. The zero-order valence-corrected chi connectivity index (χ0v) is 10.5. The Morgan fingerprint density at radius 2 is 2.24 bits per heavy atom. The largest absolute Gasteiger partial charge is 0.291 e. The molecule has 0 saturated carbocycles. The zero-order chi connectivity index (χ0) is 12.3. The van der Waals surface area contributed by atoms with E-state index in [1.54, 1.807) is 5.38 Å². The molecule has 0 saturated heterocycles. The first-order valence-electron chi connectivity index (χ1n) is 5.70. The molecule has 0 aliphatic rings. The summed E-state index contributed by atoms with van der Waals surface area (Å²) >= 11 is 1.45. The Labute approximate surface area is 104 Å². The highest BCUT2D eigenvalue weighted by atomic mass is 32.1. The first-order valence-corrected chi connectivity index (χ1v) is 6.58. The zero-order valence-electron chi connectivity index (χ0n) is 9.69. The number of rotatable bonds is 4. The molecule has 2 rings (SSSR count). The second-order valence-electron chi connectivity index (χ2n) is 4.02. The average Bonchev–Trinajstić information content (AvgIpc) is 2.37. The van der Waals surface area contributed by atoms with Gasteiger partial charge in [0.25, 0.3) is 0 Å². The SMILES string of the molecule is CCCCc1ccc2scc(NO)c(=O)c2c1. The Balaban J connectivity index is 2.50. The Morgan fingerprint density at radius 3 is 2.94 bits per heavy atom. The number of unbranched alkanes of at least 4 members (excludes halogenated alkanes) is 1. The highest BCUT2D eigenvalue weighted by Gasteiger charge is 2.05. The Kier molecular flexibility index (Phi) is 3.76. The van der Waals surface area contributed by atoms with Crippen LogP contribution in [0, 0.1) is 0 Å².